The Bertz CT molecular complexity index is 416. The number of methoxy groups -OCH3 is 1. The van der Waals surface area contributed by atoms with Gasteiger partial charge in [-0.2, -0.15) is 0 Å². The topological polar surface area (TPSA) is 67.4 Å². The van der Waals surface area contributed by atoms with Crippen LogP contribution in [0.1, 0.15) is 11.5 Å². The molecule has 1 aromatic rings. The van der Waals surface area contributed by atoms with Crippen molar-refractivity contribution < 1.29 is 14.3 Å². The van der Waals surface area contributed by atoms with Crippen LogP contribution in [0.15, 0.2) is 24.3 Å². The summed E-state index contributed by atoms with van der Waals surface area (Å²) in [4.78, 5) is 22.0. The lowest BCUT2D eigenvalue weighted by Gasteiger charge is -2.16. The molecular formula is C12H14N2O3. The highest BCUT2D eigenvalue weighted by atomic mass is 16.5. The van der Waals surface area contributed by atoms with Gasteiger partial charge in [0.25, 0.3) is 0 Å². The number of nitrogens with one attached hydrogen (secondary N) is 2. The Kier molecular flexibility index (Phi) is 3.27. The molecule has 5 heteroatoms. The summed E-state index contributed by atoms with van der Waals surface area (Å²) in [5.41, 5.74) is 1.00. The van der Waals surface area contributed by atoms with Gasteiger partial charge in [-0.1, -0.05) is 12.1 Å². The van der Waals surface area contributed by atoms with Gasteiger partial charge >= 0.3 is 0 Å². The van der Waals surface area contributed by atoms with Crippen molar-refractivity contribution in [2.75, 3.05) is 13.7 Å². The van der Waals surface area contributed by atoms with Gasteiger partial charge in [0.05, 0.1) is 7.11 Å². The third kappa shape index (κ3) is 2.22. The molecule has 0 saturated carbocycles. The summed E-state index contributed by atoms with van der Waals surface area (Å²) < 4.78 is 5.07. The highest BCUT2D eigenvalue weighted by molar-refractivity contribution is 5.87. The third-order valence-corrected chi connectivity index (χ3v) is 2.97. The molecule has 2 atom stereocenters. The van der Waals surface area contributed by atoms with Gasteiger partial charge in [-0.05, 0) is 17.7 Å². The van der Waals surface area contributed by atoms with Crippen LogP contribution in [0.25, 0.3) is 0 Å². The van der Waals surface area contributed by atoms with E-state index in [2.05, 4.69) is 10.6 Å². The Labute approximate surface area is 99.2 Å². The van der Waals surface area contributed by atoms with Crippen LogP contribution in [-0.2, 0) is 9.59 Å². The van der Waals surface area contributed by atoms with Crippen LogP contribution in [0.5, 0.6) is 5.75 Å². The van der Waals surface area contributed by atoms with Gasteiger partial charge < -0.3 is 15.4 Å². The molecule has 2 N–H and O–H groups in total. The lowest BCUT2D eigenvalue weighted by Crippen LogP contribution is -2.38. The zero-order chi connectivity index (χ0) is 12.3. The van der Waals surface area contributed by atoms with Crippen LogP contribution < -0.4 is 15.4 Å². The fourth-order valence-corrected chi connectivity index (χ4v) is 2.05. The zero-order valence-electron chi connectivity index (χ0n) is 9.47. The molecule has 90 valence electrons. The first-order valence-electron chi connectivity index (χ1n) is 5.37. The Morgan fingerprint density at radius 1 is 1.41 bits per heavy atom. The highest BCUT2D eigenvalue weighted by Crippen LogP contribution is 2.25. The van der Waals surface area contributed by atoms with Crippen LogP contribution >= 0.6 is 0 Å². The van der Waals surface area contributed by atoms with Crippen LogP contribution in [-0.4, -0.2) is 32.0 Å². The standard InChI is InChI=1S/C12H14N2O3/c1-17-9-4-2-8(3-5-9)10-6-13-12(16)11(10)14-7-15/h2-5,7,10-11H,6H2,1H3,(H,13,16)(H,14,15)/t10?,11-/m0/s1. The van der Waals surface area contributed by atoms with Crippen molar-refractivity contribution in [3.8, 4) is 5.75 Å². The lowest BCUT2D eigenvalue weighted by atomic mass is 9.94. The van der Waals surface area contributed by atoms with Gasteiger partial charge in [0.1, 0.15) is 11.8 Å². The number of rotatable bonds is 4. The average molecular weight is 234 g/mol. The van der Waals surface area contributed by atoms with E-state index in [1.54, 1.807) is 7.11 Å². The van der Waals surface area contributed by atoms with Crippen LogP contribution in [0.3, 0.4) is 0 Å². The minimum atomic E-state index is -0.485. The number of carbonyl (C=O) groups is 2. The lowest BCUT2D eigenvalue weighted by molar-refractivity contribution is -0.123. The third-order valence-electron chi connectivity index (χ3n) is 2.97. The van der Waals surface area contributed by atoms with Crippen LogP contribution in [0, 0.1) is 0 Å². The molecule has 1 saturated heterocycles. The number of ether oxygens (including phenoxy) is 1. The van der Waals surface area contributed by atoms with E-state index < -0.39 is 6.04 Å². The smallest absolute Gasteiger partial charge is 0.243 e. The van der Waals surface area contributed by atoms with Crippen molar-refractivity contribution in [3.05, 3.63) is 29.8 Å². The van der Waals surface area contributed by atoms with Crippen molar-refractivity contribution in [3.63, 3.8) is 0 Å². The van der Waals surface area contributed by atoms with Crippen LogP contribution in [0.2, 0.25) is 0 Å². The van der Waals surface area contributed by atoms with Gasteiger partial charge in [-0.25, -0.2) is 0 Å². The maximum absolute atomic E-state index is 11.5. The second kappa shape index (κ2) is 4.86. The van der Waals surface area contributed by atoms with Crippen molar-refractivity contribution in [2.24, 2.45) is 0 Å². The van der Waals surface area contributed by atoms with Crippen molar-refractivity contribution >= 4 is 12.3 Å². The van der Waals surface area contributed by atoms with E-state index in [1.807, 2.05) is 24.3 Å². The summed E-state index contributed by atoms with van der Waals surface area (Å²) in [7, 11) is 1.60. The molecule has 1 aliphatic rings. The molecule has 0 bridgehead atoms. The van der Waals surface area contributed by atoms with E-state index in [4.69, 9.17) is 4.74 Å². The fourth-order valence-electron chi connectivity index (χ4n) is 2.05. The monoisotopic (exact) mass is 234 g/mol. The predicted octanol–water partition coefficient (Wildman–Crippen LogP) is 0.0232. The molecule has 1 unspecified atom stereocenters. The Morgan fingerprint density at radius 3 is 2.71 bits per heavy atom. The van der Waals surface area contributed by atoms with Gasteiger partial charge in [0.2, 0.25) is 12.3 Å². The van der Waals surface area contributed by atoms with Gasteiger partial charge in [0.15, 0.2) is 0 Å². The maximum atomic E-state index is 11.5. The van der Waals surface area contributed by atoms with Gasteiger partial charge in [-0.15, -0.1) is 0 Å². The normalized spacial score (nSPS) is 23.0. The maximum Gasteiger partial charge on any atom is 0.243 e. The van der Waals surface area contributed by atoms with E-state index in [9.17, 15) is 9.59 Å². The number of carbonyl (C=O) groups excluding carboxylic acids is 2. The van der Waals surface area contributed by atoms with E-state index in [-0.39, 0.29) is 11.8 Å². The number of amides is 2. The molecule has 1 heterocycles. The molecule has 0 radical (unpaired) electrons. The molecule has 1 aliphatic heterocycles. The molecule has 0 aliphatic carbocycles. The molecule has 0 aromatic heterocycles. The molecule has 5 nitrogen and oxygen atoms in total. The molecule has 0 spiro atoms. The average Bonchev–Trinajstić information content (AvgIpc) is 2.72. The molecule has 2 amide bonds. The van der Waals surface area contributed by atoms with Crippen molar-refractivity contribution in [2.45, 2.75) is 12.0 Å². The van der Waals surface area contributed by atoms with E-state index >= 15 is 0 Å². The Balaban J connectivity index is 2.19. The van der Waals surface area contributed by atoms with E-state index in [0.29, 0.717) is 13.0 Å². The molecule has 1 fully saturated rings. The molecule has 17 heavy (non-hydrogen) atoms. The fraction of sp³-hybridized carbons (Fsp3) is 0.333. The largest absolute Gasteiger partial charge is 0.497 e. The number of benzene rings is 1. The molecular weight excluding hydrogens is 220 g/mol. The molecule has 2 rings (SSSR count). The second-order valence-corrected chi connectivity index (χ2v) is 3.89. The minimum Gasteiger partial charge on any atom is -0.497 e. The quantitative estimate of drug-likeness (QED) is 0.722. The summed E-state index contributed by atoms with van der Waals surface area (Å²) >= 11 is 0. The minimum absolute atomic E-state index is 0.0291. The zero-order valence-corrected chi connectivity index (χ0v) is 9.47. The van der Waals surface area contributed by atoms with Crippen molar-refractivity contribution in [1.29, 1.82) is 0 Å². The summed E-state index contributed by atoms with van der Waals surface area (Å²) in [5.74, 6) is 0.599. The predicted molar refractivity (Wildman–Crippen MR) is 61.7 cm³/mol. The highest BCUT2D eigenvalue weighted by Gasteiger charge is 2.35. The number of hydrogen-bond donors (Lipinski definition) is 2. The van der Waals surface area contributed by atoms with Crippen molar-refractivity contribution in [1.82, 2.24) is 10.6 Å². The van der Waals surface area contributed by atoms with Gasteiger partial charge in [0, 0.05) is 12.5 Å². The first kappa shape index (κ1) is 11.4. The second-order valence-electron chi connectivity index (χ2n) is 3.89. The van der Waals surface area contributed by atoms with E-state index in [1.165, 1.54) is 0 Å². The Morgan fingerprint density at radius 2 is 2.12 bits per heavy atom. The first-order valence-corrected chi connectivity index (χ1v) is 5.37. The SMILES string of the molecule is COc1ccc(C2CNC(=O)[C@H]2NC=O)cc1. The summed E-state index contributed by atoms with van der Waals surface area (Å²) in [5, 5.41) is 5.29. The Hall–Kier alpha value is -2.04. The summed E-state index contributed by atoms with van der Waals surface area (Å²) in [6.07, 6.45) is 0.562. The van der Waals surface area contributed by atoms with Gasteiger partial charge in [-0.3, -0.25) is 9.59 Å². The van der Waals surface area contributed by atoms with Crippen LogP contribution in [0.4, 0.5) is 0 Å². The summed E-state index contributed by atoms with van der Waals surface area (Å²) in [6, 6.07) is 7.01. The first-order chi connectivity index (χ1) is 8.26. The molecule has 1 aromatic carbocycles. The number of hydrogen-bond acceptors (Lipinski definition) is 3. The summed E-state index contributed by atoms with van der Waals surface area (Å²) in [6.45, 7) is 0.538. The van der Waals surface area contributed by atoms with E-state index in [0.717, 1.165) is 11.3 Å².